The van der Waals surface area contributed by atoms with Crippen LogP contribution in [0.3, 0.4) is 0 Å². The highest BCUT2D eigenvalue weighted by atomic mass is 79.9. The van der Waals surface area contributed by atoms with Crippen LogP contribution in [0.2, 0.25) is 5.02 Å². The number of nitrogens with zero attached hydrogens (tertiary/aromatic N) is 1. The summed E-state index contributed by atoms with van der Waals surface area (Å²) in [5.74, 6) is 0. The fraction of sp³-hybridized carbons (Fsp3) is 0. The Balaban J connectivity index is 2.30. The first-order valence-corrected chi connectivity index (χ1v) is 6.95. The normalized spacial score (nSPS) is 11.7. The molecule has 0 radical (unpaired) electrons. The number of halogens is 2. The Hall–Kier alpha value is -1.58. The average molecular weight is 333 g/mol. The number of aromatic nitrogens is 1. The Bertz CT molecular complexity index is 945. The summed E-state index contributed by atoms with van der Waals surface area (Å²) in [4.78, 5) is 4.16. The summed E-state index contributed by atoms with van der Waals surface area (Å²) in [6.45, 7) is 0. The standard InChI is InChI=1S/C15H7BrClNO/c16-11-1-2-12(17)15-14(11)10-5-9-7-18-4-3-8(9)6-13(10)19-15/h1-7H. The molecule has 0 unspecified atom stereocenters. The highest BCUT2D eigenvalue weighted by Crippen LogP contribution is 2.39. The third-order valence-electron chi connectivity index (χ3n) is 3.28. The average Bonchev–Trinajstić information content (AvgIpc) is 2.80. The summed E-state index contributed by atoms with van der Waals surface area (Å²) in [5.41, 5.74) is 1.55. The number of benzene rings is 2. The summed E-state index contributed by atoms with van der Waals surface area (Å²) in [6.07, 6.45) is 3.63. The van der Waals surface area contributed by atoms with Crippen molar-refractivity contribution in [2.45, 2.75) is 0 Å². The van der Waals surface area contributed by atoms with Crippen molar-refractivity contribution in [3.05, 3.63) is 52.2 Å². The highest BCUT2D eigenvalue weighted by molar-refractivity contribution is 9.10. The minimum Gasteiger partial charge on any atom is -0.454 e. The molecule has 0 saturated carbocycles. The van der Waals surface area contributed by atoms with Gasteiger partial charge in [0.15, 0.2) is 5.58 Å². The Kier molecular flexibility index (Phi) is 2.34. The lowest BCUT2D eigenvalue weighted by Gasteiger charge is -1.97. The van der Waals surface area contributed by atoms with E-state index in [1.165, 1.54) is 0 Å². The van der Waals surface area contributed by atoms with E-state index < -0.39 is 0 Å². The van der Waals surface area contributed by atoms with Crippen LogP contribution < -0.4 is 0 Å². The van der Waals surface area contributed by atoms with Gasteiger partial charge in [0, 0.05) is 33.0 Å². The van der Waals surface area contributed by atoms with Crippen molar-refractivity contribution >= 4 is 60.2 Å². The van der Waals surface area contributed by atoms with E-state index in [1.807, 2.05) is 30.5 Å². The molecule has 0 spiro atoms. The second-order valence-electron chi connectivity index (χ2n) is 4.41. The summed E-state index contributed by atoms with van der Waals surface area (Å²) in [7, 11) is 0. The molecular formula is C15H7BrClNO. The smallest absolute Gasteiger partial charge is 0.155 e. The lowest BCUT2D eigenvalue weighted by atomic mass is 10.1. The molecule has 4 heteroatoms. The van der Waals surface area contributed by atoms with Crippen LogP contribution >= 0.6 is 27.5 Å². The van der Waals surface area contributed by atoms with Gasteiger partial charge < -0.3 is 4.42 Å². The maximum atomic E-state index is 6.21. The lowest BCUT2D eigenvalue weighted by molar-refractivity contribution is 0.669. The second-order valence-corrected chi connectivity index (χ2v) is 5.67. The lowest BCUT2D eigenvalue weighted by Crippen LogP contribution is -1.75. The first-order chi connectivity index (χ1) is 9.24. The minimum atomic E-state index is 0.622. The van der Waals surface area contributed by atoms with E-state index in [-0.39, 0.29) is 0 Å². The molecule has 0 bridgehead atoms. The van der Waals surface area contributed by atoms with Crippen LogP contribution in [-0.4, -0.2) is 4.98 Å². The second kappa shape index (κ2) is 3.95. The fourth-order valence-corrected chi connectivity index (χ4v) is 3.11. The number of fused-ring (bicyclic) bond motifs is 4. The SMILES string of the molecule is Clc1ccc(Br)c2c1oc1cc3ccncc3cc12. The Labute approximate surface area is 122 Å². The van der Waals surface area contributed by atoms with Gasteiger partial charge in [-0.3, -0.25) is 4.98 Å². The zero-order chi connectivity index (χ0) is 13.0. The van der Waals surface area contributed by atoms with E-state index in [1.54, 1.807) is 6.20 Å². The highest BCUT2D eigenvalue weighted by Gasteiger charge is 2.13. The van der Waals surface area contributed by atoms with Gasteiger partial charge in [-0.1, -0.05) is 27.5 Å². The largest absolute Gasteiger partial charge is 0.454 e. The maximum Gasteiger partial charge on any atom is 0.155 e. The van der Waals surface area contributed by atoms with Crippen LogP contribution in [0.1, 0.15) is 0 Å². The van der Waals surface area contributed by atoms with Crippen molar-refractivity contribution in [3.63, 3.8) is 0 Å². The summed E-state index contributed by atoms with van der Waals surface area (Å²) >= 11 is 9.77. The molecule has 4 aromatic rings. The van der Waals surface area contributed by atoms with E-state index in [4.69, 9.17) is 16.0 Å². The van der Waals surface area contributed by atoms with Crippen molar-refractivity contribution in [2.75, 3.05) is 0 Å². The molecule has 0 fully saturated rings. The molecule has 0 saturated heterocycles. The summed E-state index contributed by atoms with van der Waals surface area (Å²) in [5, 5.41) is 4.87. The monoisotopic (exact) mass is 331 g/mol. The molecule has 0 aliphatic carbocycles. The molecular weight excluding hydrogens is 326 g/mol. The molecule has 2 aromatic heterocycles. The number of hydrogen-bond acceptors (Lipinski definition) is 2. The van der Waals surface area contributed by atoms with Crippen LogP contribution in [0.25, 0.3) is 32.7 Å². The van der Waals surface area contributed by atoms with Crippen molar-refractivity contribution in [3.8, 4) is 0 Å². The van der Waals surface area contributed by atoms with Gasteiger partial charge in [0.05, 0.1) is 5.02 Å². The number of furan rings is 1. The van der Waals surface area contributed by atoms with E-state index >= 15 is 0 Å². The van der Waals surface area contributed by atoms with E-state index in [0.717, 1.165) is 31.6 Å². The number of pyridine rings is 1. The van der Waals surface area contributed by atoms with Crippen LogP contribution in [0.5, 0.6) is 0 Å². The van der Waals surface area contributed by atoms with Crippen LogP contribution in [0.4, 0.5) is 0 Å². The molecule has 0 aliphatic heterocycles. The zero-order valence-electron chi connectivity index (χ0n) is 9.65. The predicted molar refractivity (Wildman–Crippen MR) is 81.7 cm³/mol. The number of hydrogen-bond donors (Lipinski definition) is 0. The molecule has 19 heavy (non-hydrogen) atoms. The third-order valence-corrected chi connectivity index (χ3v) is 4.24. The third kappa shape index (κ3) is 1.58. The van der Waals surface area contributed by atoms with Crippen LogP contribution in [0, 0.1) is 0 Å². The van der Waals surface area contributed by atoms with Gasteiger partial charge in [-0.25, -0.2) is 0 Å². The maximum absolute atomic E-state index is 6.21. The van der Waals surface area contributed by atoms with Gasteiger partial charge in [0.25, 0.3) is 0 Å². The van der Waals surface area contributed by atoms with Gasteiger partial charge >= 0.3 is 0 Å². The van der Waals surface area contributed by atoms with Gasteiger partial charge in [-0.15, -0.1) is 0 Å². The molecule has 4 rings (SSSR count). The van der Waals surface area contributed by atoms with E-state index in [9.17, 15) is 0 Å². The molecule has 2 heterocycles. The minimum absolute atomic E-state index is 0.622. The van der Waals surface area contributed by atoms with Crippen molar-refractivity contribution in [2.24, 2.45) is 0 Å². The van der Waals surface area contributed by atoms with Gasteiger partial charge in [-0.2, -0.15) is 0 Å². The first kappa shape index (κ1) is 11.3. The molecule has 2 aromatic carbocycles. The van der Waals surface area contributed by atoms with Gasteiger partial charge in [0.2, 0.25) is 0 Å². The molecule has 0 N–H and O–H groups in total. The predicted octanol–water partition coefficient (Wildman–Crippen LogP) is 5.55. The fourth-order valence-electron chi connectivity index (χ4n) is 2.39. The van der Waals surface area contributed by atoms with Gasteiger partial charge in [0.1, 0.15) is 5.58 Å². The first-order valence-electron chi connectivity index (χ1n) is 5.78. The topological polar surface area (TPSA) is 26.0 Å². The molecule has 0 aliphatic rings. The van der Waals surface area contributed by atoms with Crippen LogP contribution in [-0.2, 0) is 0 Å². The molecule has 0 amide bonds. The zero-order valence-corrected chi connectivity index (χ0v) is 12.0. The summed E-state index contributed by atoms with van der Waals surface area (Å²) in [6, 6.07) is 9.85. The van der Waals surface area contributed by atoms with E-state index in [0.29, 0.717) is 10.6 Å². The Morgan fingerprint density at radius 2 is 2.00 bits per heavy atom. The van der Waals surface area contributed by atoms with Crippen molar-refractivity contribution in [1.29, 1.82) is 0 Å². The van der Waals surface area contributed by atoms with Crippen LogP contribution in [0.15, 0.2) is 51.6 Å². The summed E-state index contributed by atoms with van der Waals surface area (Å²) < 4.78 is 6.87. The Morgan fingerprint density at radius 1 is 1.11 bits per heavy atom. The molecule has 0 atom stereocenters. The molecule has 92 valence electrons. The quantitative estimate of drug-likeness (QED) is 0.422. The molecule has 2 nitrogen and oxygen atoms in total. The Morgan fingerprint density at radius 3 is 2.89 bits per heavy atom. The van der Waals surface area contributed by atoms with Crippen molar-refractivity contribution in [1.82, 2.24) is 4.98 Å². The van der Waals surface area contributed by atoms with Gasteiger partial charge in [-0.05, 0) is 35.7 Å². The number of rotatable bonds is 0. The van der Waals surface area contributed by atoms with E-state index in [2.05, 4.69) is 27.0 Å². The van der Waals surface area contributed by atoms with Crippen molar-refractivity contribution < 1.29 is 4.42 Å².